The van der Waals surface area contributed by atoms with Gasteiger partial charge in [-0.05, 0) is 56.4 Å². The molecule has 6 heteroatoms. The number of carbonyl (C=O) groups excluding carboxylic acids is 1. The zero-order chi connectivity index (χ0) is 19.0. The van der Waals surface area contributed by atoms with Crippen LogP contribution in [0.1, 0.15) is 42.4 Å². The average Bonchev–Trinajstić information content (AvgIpc) is 3.26. The minimum atomic E-state index is -3.67. The first-order valence-electron chi connectivity index (χ1n) is 9.17. The van der Waals surface area contributed by atoms with Gasteiger partial charge in [-0.3, -0.25) is 4.79 Å². The number of fused-ring (bicyclic) bond motifs is 1. The Morgan fingerprint density at radius 3 is 2.59 bits per heavy atom. The molecule has 140 valence electrons. The van der Waals surface area contributed by atoms with Crippen LogP contribution in [0.4, 0.5) is 5.69 Å². The van der Waals surface area contributed by atoms with Crippen LogP contribution in [0.2, 0.25) is 0 Å². The van der Waals surface area contributed by atoms with E-state index in [2.05, 4.69) is 10.0 Å². The van der Waals surface area contributed by atoms with Crippen LogP contribution in [0.5, 0.6) is 0 Å². The molecule has 0 bridgehead atoms. The van der Waals surface area contributed by atoms with Gasteiger partial charge in [0.2, 0.25) is 10.0 Å². The number of rotatable bonds is 4. The van der Waals surface area contributed by atoms with Gasteiger partial charge in [-0.15, -0.1) is 0 Å². The molecular formula is C21H22N2O3S. The Hall–Kier alpha value is -2.44. The Morgan fingerprint density at radius 2 is 1.85 bits per heavy atom. The topological polar surface area (TPSA) is 75.3 Å². The van der Waals surface area contributed by atoms with Gasteiger partial charge in [0.15, 0.2) is 0 Å². The summed E-state index contributed by atoms with van der Waals surface area (Å²) in [6, 6.07) is 12.6. The van der Waals surface area contributed by atoms with Crippen LogP contribution >= 0.6 is 0 Å². The van der Waals surface area contributed by atoms with Crippen molar-refractivity contribution < 1.29 is 13.2 Å². The molecule has 2 aromatic carbocycles. The van der Waals surface area contributed by atoms with E-state index in [1.807, 2.05) is 31.2 Å². The molecule has 2 aromatic rings. The second-order valence-corrected chi connectivity index (χ2v) is 8.93. The first-order valence-corrected chi connectivity index (χ1v) is 10.7. The quantitative estimate of drug-likeness (QED) is 0.791. The van der Waals surface area contributed by atoms with Crippen LogP contribution in [0.15, 0.2) is 52.9 Å². The molecule has 2 aliphatic rings. The number of hydrogen-bond donors (Lipinski definition) is 2. The third-order valence-corrected chi connectivity index (χ3v) is 6.55. The van der Waals surface area contributed by atoms with Gasteiger partial charge in [-0.1, -0.05) is 35.4 Å². The van der Waals surface area contributed by atoms with E-state index >= 15 is 0 Å². The zero-order valence-corrected chi connectivity index (χ0v) is 16.0. The molecule has 0 saturated heterocycles. The Bertz CT molecular complexity index is 1050. The van der Waals surface area contributed by atoms with Gasteiger partial charge in [0.25, 0.3) is 5.91 Å². The first kappa shape index (κ1) is 17.9. The van der Waals surface area contributed by atoms with E-state index in [-0.39, 0.29) is 17.3 Å². The van der Waals surface area contributed by atoms with Gasteiger partial charge in [-0.25, -0.2) is 13.1 Å². The van der Waals surface area contributed by atoms with E-state index in [1.165, 1.54) is 0 Å². The van der Waals surface area contributed by atoms with Crippen molar-refractivity contribution in [3.8, 4) is 0 Å². The molecule has 1 saturated carbocycles. The van der Waals surface area contributed by atoms with Crippen LogP contribution in [-0.4, -0.2) is 14.3 Å². The number of hydrogen-bond acceptors (Lipinski definition) is 3. The van der Waals surface area contributed by atoms with Gasteiger partial charge >= 0.3 is 0 Å². The molecule has 1 aliphatic carbocycles. The Morgan fingerprint density at radius 1 is 1.07 bits per heavy atom. The number of amides is 1. The number of allylic oxidation sites excluding steroid dienone is 1. The second kappa shape index (κ2) is 6.94. The molecule has 1 fully saturated rings. The van der Waals surface area contributed by atoms with Crippen LogP contribution in [0, 0.1) is 6.92 Å². The normalized spacial score (nSPS) is 16.6. The summed E-state index contributed by atoms with van der Waals surface area (Å²) in [5.74, 6) is -0.121. The van der Waals surface area contributed by atoms with E-state index in [4.69, 9.17) is 0 Å². The van der Waals surface area contributed by atoms with Gasteiger partial charge in [-0.2, -0.15) is 0 Å². The van der Waals surface area contributed by atoms with E-state index in [1.54, 1.807) is 18.2 Å². The third kappa shape index (κ3) is 3.55. The highest BCUT2D eigenvalue weighted by Gasteiger charge is 2.30. The van der Waals surface area contributed by atoms with E-state index < -0.39 is 10.0 Å². The maximum atomic E-state index is 12.8. The van der Waals surface area contributed by atoms with E-state index in [0.717, 1.165) is 42.4 Å². The van der Waals surface area contributed by atoms with Crippen molar-refractivity contribution in [2.45, 2.75) is 44.0 Å². The molecule has 0 unspecified atom stereocenters. The van der Waals surface area contributed by atoms with Crippen molar-refractivity contribution in [1.82, 2.24) is 4.72 Å². The molecule has 0 atom stereocenters. The van der Waals surface area contributed by atoms with Crippen molar-refractivity contribution >= 4 is 27.2 Å². The largest absolute Gasteiger partial charge is 0.321 e. The fourth-order valence-corrected chi connectivity index (χ4v) is 4.84. The summed E-state index contributed by atoms with van der Waals surface area (Å²) in [5.41, 5.74) is 5.18. The summed E-state index contributed by atoms with van der Waals surface area (Å²) >= 11 is 0. The molecule has 0 aromatic heterocycles. The zero-order valence-electron chi connectivity index (χ0n) is 15.2. The second-order valence-electron chi connectivity index (χ2n) is 7.16. The fourth-order valence-electron chi connectivity index (χ4n) is 3.80. The van der Waals surface area contributed by atoms with Crippen molar-refractivity contribution in [2.75, 3.05) is 5.32 Å². The average molecular weight is 382 g/mol. The van der Waals surface area contributed by atoms with E-state index in [9.17, 15) is 13.2 Å². The van der Waals surface area contributed by atoms with Gasteiger partial charge in [0.1, 0.15) is 0 Å². The van der Waals surface area contributed by atoms with Crippen molar-refractivity contribution in [3.63, 3.8) is 0 Å². The summed E-state index contributed by atoms with van der Waals surface area (Å²) in [5, 5.41) is 2.86. The maximum absolute atomic E-state index is 12.8. The monoisotopic (exact) mass is 382 g/mol. The highest BCUT2D eigenvalue weighted by molar-refractivity contribution is 7.89. The number of aryl methyl sites for hydroxylation is 1. The molecular weight excluding hydrogens is 360 g/mol. The Kier molecular flexibility index (Phi) is 4.61. The van der Waals surface area contributed by atoms with Gasteiger partial charge in [0.05, 0.1) is 4.90 Å². The number of anilines is 1. The molecule has 0 spiro atoms. The molecule has 5 nitrogen and oxygen atoms in total. The summed E-state index contributed by atoms with van der Waals surface area (Å²) < 4.78 is 28.2. The number of sulfonamides is 1. The summed E-state index contributed by atoms with van der Waals surface area (Å²) in [6.07, 6.45) is 3.98. The predicted molar refractivity (Wildman–Crippen MR) is 106 cm³/mol. The summed E-state index contributed by atoms with van der Waals surface area (Å²) in [6.45, 7) is 2.20. The minimum Gasteiger partial charge on any atom is -0.321 e. The Balaban J connectivity index is 1.63. The molecule has 1 aliphatic heterocycles. The summed E-state index contributed by atoms with van der Waals surface area (Å²) in [7, 11) is -3.67. The number of benzene rings is 2. The fraction of sp³-hybridized carbons (Fsp3) is 0.286. The van der Waals surface area contributed by atoms with Crippen molar-refractivity contribution in [2.24, 2.45) is 0 Å². The lowest BCUT2D eigenvalue weighted by Gasteiger charge is -2.09. The minimum absolute atomic E-state index is 0.121. The number of nitrogens with one attached hydrogen (secondary N) is 2. The predicted octanol–water partition coefficient (Wildman–Crippen LogP) is 3.75. The lowest BCUT2D eigenvalue weighted by atomic mass is 10.00. The van der Waals surface area contributed by atoms with Crippen LogP contribution in [0.3, 0.4) is 0 Å². The van der Waals surface area contributed by atoms with Crippen LogP contribution in [-0.2, 0) is 21.4 Å². The third-order valence-electron chi connectivity index (χ3n) is 5.16. The highest BCUT2D eigenvalue weighted by atomic mass is 32.2. The molecule has 4 rings (SSSR count). The molecule has 27 heavy (non-hydrogen) atoms. The maximum Gasteiger partial charge on any atom is 0.256 e. The Labute approximate surface area is 159 Å². The van der Waals surface area contributed by atoms with Crippen LogP contribution < -0.4 is 10.0 Å². The molecule has 1 amide bonds. The smallest absolute Gasteiger partial charge is 0.256 e. The lowest BCUT2D eigenvalue weighted by molar-refractivity contribution is -0.110. The SMILES string of the molecule is Cc1cccc(CNS(=O)(=O)c2ccc3c(c2)C(=C2CCCC2)C(=O)N3)c1. The molecule has 0 radical (unpaired) electrons. The van der Waals surface area contributed by atoms with Crippen molar-refractivity contribution in [3.05, 3.63) is 64.7 Å². The van der Waals surface area contributed by atoms with E-state index in [0.29, 0.717) is 16.8 Å². The first-order chi connectivity index (χ1) is 12.9. The van der Waals surface area contributed by atoms with Gasteiger partial charge < -0.3 is 5.32 Å². The standard InChI is InChI=1S/C21H22N2O3S/c1-14-5-4-6-15(11-14)13-22-27(25,26)17-9-10-19-18(12-17)20(21(24)23-19)16-7-2-3-8-16/h4-6,9-12,22H,2-3,7-8,13H2,1H3,(H,23,24). The van der Waals surface area contributed by atoms with Crippen LogP contribution in [0.25, 0.3) is 5.57 Å². The highest BCUT2D eigenvalue weighted by Crippen LogP contribution is 2.40. The van der Waals surface area contributed by atoms with Gasteiger partial charge in [0, 0.05) is 23.4 Å². The molecule has 2 N–H and O–H groups in total. The lowest BCUT2D eigenvalue weighted by Crippen LogP contribution is -2.23. The molecule has 1 heterocycles. The van der Waals surface area contributed by atoms with Crippen molar-refractivity contribution in [1.29, 1.82) is 0 Å². The summed E-state index contributed by atoms with van der Waals surface area (Å²) in [4.78, 5) is 12.6. The number of carbonyl (C=O) groups is 1.